The Kier molecular flexibility index (Phi) is 3.29. The molecule has 0 atom stereocenters. The first-order valence-corrected chi connectivity index (χ1v) is 6.55. The summed E-state index contributed by atoms with van der Waals surface area (Å²) in [7, 11) is 2.07. The van der Waals surface area contributed by atoms with Gasteiger partial charge in [0.2, 0.25) is 0 Å². The summed E-state index contributed by atoms with van der Waals surface area (Å²) in [6, 6.07) is 5.43. The Bertz CT molecular complexity index is 631. The van der Waals surface area contributed by atoms with E-state index in [2.05, 4.69) is 22.4 Å². The highest BCUT2D eigenvalue weighted by Gasteiger charge is 2.21. The zero-order valence-corrected chi connectivity index (χ0v) is 11.3. The summed E-state index contributed by atoms with van der Waals surface area (Å²) in [5.74, 6) is -0.589. The van der Waals surface area contributed by atoms with Crippen molar-refractivity contribution in [2.45, 2.75) is 0 Å². The van der Waals surface area contributed by atoms with Crippen LogP contribution in [0.15, 0.2) is 24.4 Å². The number of hydrazine groups is 1. The second-order valence-electron chi connectivity index (χ2n) is 4.95. The molecule has 2 aromatic heterocycles. The van der Waals surface area contributed by atoms with Crippen molar-refractivity contribution < 1.29 is 9.90 Å². The van der Waals surface area contributed by atoms with Crippen molar-refractivity contribution in [3.05, 3.63) is 30.1 Å². The summed E-state index contributed by atoms with van der Waals surface area (Å²) in [6.07, 6.45) is 1.71. The monoisotopic (exact) mass is 275 g/mol. The number of piperazine rings is 1. The molecule has 2 N–H and O–H groups in total. The van der Waals surface area contributed by atoms with Crippen molar-refractivity contribution in [3.63, 3.8) is 0 Å². The molecule has 20 heavy (non-hydrogen) atoms. The van der Waals surface area contributed by atoms with E-state index in [-0.39, 0.29) is 5.69 Å². The van der Waals surface area contributed by atoms with Gasteiger partial charge in [-0.25, -0.2) is 14.8 Å². The third-order valence-corrected chi connectivity index (χ3v) is 3.50. The number of anilines is 1. The van der Waals surface area contributed by atoms with Gasteiger partial charge in [-0.15, -0.1) is 0 Å². The van der Waals surface area contributed by atoms with E-state index in [4.69, 9.17) is 0 Å². The second-order valence-corrected chi connectivity index (χ2v) is 4.95. The van der Waals surface area contributed by atoms with Crippen LogP contribution >= 0.6 is 0 Å². The molecule has 0 radical (unpaired) electrons. The Labute approximate surface area is 116 Å². The lowest BCUT2D eigenvalue weighted by molar-refractivity contribution is 0.0689. The number of rotatable bonds is 3. The molecule has 3 rings (SSSR count). The average molecular weight is 275 g/mol. The number of pyridine rings is 1. The topological polar surface area (TPSA) is 73.1 Å². The van der Waals surface area contributed by atoms with Gasteiger partial charge in [0.1, 0.15) is 5.65 Å². The predicted molar refractivity (Wildman–Crippen MR) is 74.8 cm³/mol. The minimum atomic E-state index is -0.986. The smallest absolute Gasteiger partial charge is 0.356 e. The number of imidazole rings is 1. The van der Waals surface area contributed by atoms with Crippen molar-refractivity contribution in [2.75, 3.05) is 38.7 Å². The molecule has 7 nitrogen and oxygen atoms in total. The molecule has 0 aromatic carbocycles. The highest BCUT2D eigenvalue weighted by molar-refractivity contribution is 5.92. The van der Waals surface area contributed by atoms with E-state index in [0.717, 1.165) is 26.2 Å². The molecule has 1 saturated heterocycles. The third-order valence-electron chi connectivity index (χ3n) is 3.50. The number of nitrogens with one attached hydrogen (secondary N) is 1. The molecule has 0 spiro atoms. The number of aromatic nitrogens is 2. The van der Waals surface area contributed by atoms with Gasteiger partial charge in [-0.2, -0.15) is 0 Å². The number of hydrogen-bond donors (Lipinski definition) is 2. The molecule has 106 valence electrons. The largest absolute Gasteiger partial charge is 0.476 e. The molecule has 0 saturated carbocycles. The van der Waals surface area contributed by atoms with Gasteiger partial charge in [0, 0.05) is 32.4 Å². The van der Waals surface area contributed by atoms with Crippen LogP contribution in [0.3, 0.4) is 0 Å². The van der Waals surface area contributed by atoms with Crippen LogP contribution in [0.1, 0.15) is 10.5 Å². The molecule has 0 bridgehead atoms. The Balaban J connectivity index is 1.90. The standard InChI is InChI=1S/C13H17N5O2/c1-16-6-8-17(9-7-16)15-12-11(13(19)20)18-5-3-2-4-10(18)14-12/h2-5,15H,6-9H2,1H3,(H,19,20). The fourth-order valence-electron chi connectivity index (χ4n) is 2.35. The lowest BCUT2D eigenvalue weighted by Gasteiger charge is -2.32. The van der Waals surface area contributed by atoms with Crippen LogP contribution in [0, 0.1) is 0 Å². The second kappa shape index (κ2) is 5.10. The number of likely N-dealkylation sites (N-methyl/N-ethyl adjacent to an activating group) is 1. The van der Waals surface area contributed by atoms with Crippen LogP contribution in [0.25, 0.3) is 5.65 Å². The molecule has 3 heterocycles. The molecule has 0 unspecified atom stereocenters. The number of carboxylic acids is 1. The van der Waals surface area contributed by atoms with E-state index < -0.39 is 5.97 Å². The van der Waals surface area contributed by atoms with Crippen molar-refractivity contribution >= 4 is 17.4 Å². The minimum Gasteiger partial charge on any atom is -0.476 e. The first-order chi connectivity index (χ1) is 9.65. The minimum absolute atomic E-state index is 0.166. The average Bonchev–Trinajstić information content (AvgIpc) is 2.79. The van der Waals surface area contributed by atoms with Gasteiger partial charge in [-0.1, -0.05) is 6.07 Å². The first kappa shape index (κ1) is 12.9. The van der Waals surface area contributed by atoms with Crippen LogP contribution < -0.4 is 5.43 Å². The van der Waals surface area contributed by atoms with Gasteiger partial charge < -0.3 is 15.4 Å². The summed E-state index contributed by atoms with van der Waals surface area (Å²) in [4.78, 5) is 18.1. The number of nitrogens with zero attached hydrogens (tertiary/aromatic N) is 4. The van der Waals surface area contributed by atoms with Gasteiger partial charge in [0.15, 0.2) is 11.5 Å². The number of aromatic carboxylic acids is 1. The van der Waals surface area contributed by atoms with E-state index in [1.807, 2.05) is 11.1 Å². The summed E-state index contributed by atoms with van der Waals surface area (Å²) < 4.78 is 1.58. The number of carboxylic acid groups (broad SMARTS) is 1. The number of hydrogen-bond acceptors (Lipinski definition) is 5. The lowest BCUT2D eigenvalue weighted by Crippen LogP contribution is -2.47. The third kappa shape index (κ3) is 2.33. The van der Waals surface area contributed by atoms with Crippen LogP contribution in [-0.4, -0.2) is 63.6 Å². The van der Waals surface area contributed by atoms with Crippen LogP contribution in [-0.2, 0) is 0 Å². The Morgan fingerprint density at radius 3 is 2.75 bits per heavy atom. The molecule has 0 amide bonds. The molecule has 1 aliphatic heterocycles. The molecule has 2 aromatic rings. The maximum Gasteiger partial charge on any atom is 0.356 e. The molecular formula is C13H17N5O2. The van der Waals surface area contributed by atoms with Crippen molar-refractivity contribution in [2.24, 2.45) is 0 Å². The fraction of sp³-hybridized carbons (Fsp3) is 0.385. The van der Waals surface area contributed by atoms with Crippen LogP contribution in [0.5, 0.6) is 0 Å². The Hall–Kier alpha value is -2.12. The number of carbonyl (C=O) groups is 1. The maximum atomic E-state index is 11.5. The molecule has 1 fully saturated rings. The van der Waals surface area contributed by atoms with E-state index in [9.17, 15) is 9.90 Å². The fourth-order valence-corrected chi connectivity index (χ4v) is 2.35. The van der Waals surface area contributed by atoms with Crippen molar-refractivity contribution in [3.8, 4) is 0 Å². The van der Waals surface area contributed by atoms with Crippen LogP contribution in [0.4, 0.5) is 5.82 Å². The van der Waals surface area contributed by atoms with Crippen molar-refractivity contribution in [1.29, 1.82) is 0 Å². The van der Waals surface area contributed by atoms with E-state index in [1.165, 1.54) is 0 Å². The van der Waals surface area contributed by atoms with Gasteiger partial charge in [0.05, 0.1) is 0 Å². The lowest BCUT2D eigenvalue weighted by atomic mass is 10.4. The number of fused-ring (bicyclic) bond motifs is 1. The summed E-state index contributed by atoms with van der Waals surface area (Å²) in [5, 5.41) is 11.4. The van der Waals surface area contributed by atoms with Gasteiger partial charge in [-0.3, -0.25) is 4.40 Å². The highest BCUT2D eigenvalue weighted by Crippen LogP contribution is 2.18. The predicted octanol–water partition coefficient (Wildman–Crippen LogP) is 0.607. The summed E-state index contributed by atoms with van der Waals surface area (Å²) in [5.41, 5.74) is 3.93. The Morgan fingerprint density at radius 2 is 2.05 bits per heavy atom. The summed E-state index contributed by atoms with van der Waals surface area (Å²) in [6.45, 7) is 3.57. The highest BCUT2D eigenvalue weighted by atomic mass is 16.4. The van der Waals surface area contributed by atoms with Gasteiger partial charge >= 0.3 is 5.97 Å². The molecular weight excluding hydrogens is 258 g/mol. The zero-order chi connectivity index (χ0) is 14.1. The van der Waals surface area contributed by atoms with E-state index >= 15 is 0 Å². The molecule has 1 aliphatic rings. The molecule has 0 aliphatic carbocycles. The van der Waals surface area contributed by atoms with Crippen molar-refractivity contribution in [1.82, 2.24) is 19.3 Å². The molecule has 7 heteroatoms. The maximum absolute atomic E-state index is 11.5. The van der Waals surface area contributed by atoms with Gasteiger partial charge in [-0.05, 0) is 19.2 Å². The van der Waals surface area contributed by atoms with Crippen LogP contribution in [0.2, 0.25) is 0 Å². The Morgan fingerprint density at radius 1 is 1.30 bits per heavy atom. The van der Waals surface area contributed by atoms with E-state index in [1.54, 1.807) is 22.7 Å². The van der Waals surface area contributed by atoms with E-state index in [0.29, 0.717) is 11.5 Å². The summed E-state index contributed by atoms with van der Waals surface area (Å²) >= 11 is 0. The first-order valence-electron chi connectivity index (χ1n) is 6.55. The quantitative estimate of drug-likeness (QED) is 0.855. The van der Waals surface area contributed by atoms with Gasteiger partial charge in [0.25, 0.3) is 0 Å². The normalized spacial score (nSPS) is 17.4. The zero-order valence-electron chi connectivity index (χ0n) is 11.3. The SMILES string of the molecule is CN1CCN(Nc2nc3ccccn3c2C(=O)O)CC1.